The van der Waals surface area contributed by atoms with Crippen LogP contribution in [0, 0.1) is 5.92 Å². The average molecular weight is 241 g/mol. The summed E-state index contributed by atoms with van der Waals surface area (Å²) in [7, 11) is 0. The Morgan fingerprint density at radius 1 is 1.39 bits per heavy atom. The Kier molecular flexibility index (Phi) is 3.80. The number of azide groups is 1. The molecule has 0 radical (unpaired) electrons. The third kappa shape index (κ3) is 2.99. The van der Waals surface area contributed by atoms with Crippen LogP contribution in [-0.4, -0.2) is 5.78 Å². The van der Waals surface area contributed by atoms with Gasteiger partial charge in [0.25, 0.3) is 0 Å². The van der Waals surface area contributed by atoms with Crippen LogP contribution in [0.2, 0.25) is 0 Å². The van der Waals surface area contributed by atoms with Crippen LogP contribution in [0.25, 0.3) is 16.5 Å². The van der Waals surface area contributed by atoms with E-state index in [-0.39, 0.29) is 5.78 Å². The van der Waals surface area contributed by atoms with Crippen LogP contribution in [0.15, 0.2) is 35.0 Å². The maximum Gasteiger partial charge on any atom is 0.158 e. The molecule has 1 fully saturated rings. The molecule has 0 aromatic heterocycles. The molecule has 1 unspecified atom stereocenters. The van der Waals surface area contributed by atoms with Crippen molar-refractivity contribution in [3.63, 3.8) is 0 Å². The molecule has 1 aromatic rings. The van der Waals surface area contributed by atoms with Crippen LogP contribution >= 0.6 is 0 Å². The van der Waals surface area contributed by atoms with Crippen molar-refractivity contribution in [2.24, 2.45) is 11.0 Å². The molecule has 0 bridgehead atoms. The fourth-order valence-corrected chi connectivity index (χ4v) is 2.16. The molecule has 0 amide bonds. The summed E-state index contributed by atoms with van der Waals surface area (Å²) < 4.78 is 0. The maximum atomic E-state index is 11.8. The van der Waals surface area contributed by atoms with Gasteiger partial charge in [0.2, 0.25) is 0 Å². The minimum atomic E-state index is 0.257. The molecule has 0 heterocycles. The van der Waals surface area contributed by atoms with Crippen LogP contribution in [0.3, 0.4) is 0 Å². The van der Waals surface area contributed by atoms with Gasteiger partial charge in [0.1, 0.15) is 0 Å². The highest BCUT2D eigenvalue weighted by Crippen LogP contribution is 2.27. The second kappa shape index (κ2) is 5.52. The van der Waals surface area contributed by atoms with E-state index in [0.717, 1.165) is 24.0 Å². The normalized spacial score (nSPS) is 21.7. The predicted octanol–water partition coefficient (Wildman–Crippen LogP) is 4.40. The zero-order valence-electron chi connectivity index (χ0n) is 10.3. The van der Waals surface area contributed by atoms with Crippen molar-refractivity contribution in [2.45, 2.75) is 26.2 Å². The van der Waals surface area contributed by atoms with E-state index in [4.69, 9.17) is 5.53 Å². The van der Waals surface area contributed by atoms with Gasteiger partial charge in [-0.3, -0.25) is 4.79 Å². The second-order valence-electron chi connectivity index (χ2n) is 4.72. The molecule has 2 rings (SSSR count). The van der Waals surface area contributed by atoms with Gasteiger partial charge in [0, 0.05) is 17.0 Å². The zero-order valence-corrected chi connectivity index (χ0v) is 10.3. The first kappa shape index (κ1) is 12.4. The summed E-state index contributed by atoms with van der Waals surface area (Å²) >= 11 is 0. The number of benzene rings is 1. The monoisotopic (exact) mass is 241 g/mol. The number of ketones is 1. The third-order valence-corrected chi connectivity index (χ3v) is 3.18. The van der Waals surface area contributed by atoms with Gasteiger partial charge in [-0.15, -0.1) is 0 Å². The van der Waals surface area contributed by atoms with Crippen LogP contribution in [-0.2, 0) is 4.79 Å². The highest BCUT2D eigenvalue weighted by molar-refractivity contribution is 6.00. The molecule has 0 aliphatic heterocycles. The molecule has 1 aromatic carbocycles. The fraction of sp³-hybridized carbons (Fsp3) is 0.357. The molecule has 1 saturated carbocycles. The van der Waals surface area contributed by atoms with Gasteiger partial charge in [0.15, 0.2) is 5.78 Å². The summed E-state index contributed by atoms with van der Waals surface area (Å²) in [5.41, 5.74) is 10.8. The first-order valence-electron chi connectivity index (χ1n) is 6.08. The minimum absolute atomic E-state index is 0.257. The molecule has 4 nitrogen and oxygen atoms in total. The topological polar surface area (TPSA) is 65.8 Å². The summed E-state index contributed by atoms with van der Waals surface area (Å²) in [4.78, 5) is 14.5. The molecular weight excluding hydrogens is 226 g/mol. The van der Waals surface area contributed by atoms with Crippen molar-refractivity contribution in [3.8, 4) is 0 Å². The second-order valence-corrected chi connectivity index (χ2v) is 4.72. The third-order valence-electron chi connectivity index (χ3n) is 3.18. The van der Waals surface area contributed by atoms with E-state index in [1.165, 1.54) is 0 Å². The molecule has 0 N–H and O–H groups in total. The Morgan fingerprint density at radius 3 is 2.78 bits per heavy atom. The molecule has 18 heavy (non-hydrogen) atoms. The van der Waals surface area contributed by atoms with Crippen LogP contribution in [0.4, 0.5) is 5.69 Å². The predicted molar refractivity (Wildman–Crippen MR) is 71.2 cm³/mol. The smallest absolute Gasteiger partial charge is 0.158 e. The summed E-state index contributed by atoms with van der Waals surface area (Å²) in [5.74, 6) is 0.837. The lowest BCUT2D eigenvalue weighted by atomic mass is 9.85. The Hall–Kier alpha value is -2.06. The van der Waals surface area contributed by atoms with E-state index >= 15 is 0 Å². The van der Waals surface area contributed by atoms with Gasteiger partial charge in [0.05, 0.1) is 0 Å². The lowest BCUT2D eigenvalue weighted by Gasteiger charge is -2.19. The van der Waals surface area contributed by atoms with Crippen molar-refractivity contribution in [1.82, 2.24) is 0 Å². The molecule has 4 heteroatoms. The lowest BCUT2D eigenvalue weighted by molar-refractivity contribution is -0.116. The molecule has 1 aliphatic carbocycles. The molecule has 1 aliphatic rings. The lowest BCUT2D eigenvalue weighted by Crippen LogP contribution is -2.14. The Bertz CT molecular complexity index is 524. The molecular formula is C14H15N3O. The van der Waals surface area contributed by atoms with E-state index in [1.807, 2.05) is 18.2 Å². The van der Waals surface area contributed by atoms with E-state index in [9.17, 15) is 4.79 Å². The van der Waals surface area contributed by atoms with Gasteiger partial charge in [-0.2, -0.15) is 0 Å². The van der Waals surface area contributed by atoms with Crippen molar-refractivity contribution in [2.75, 3.05) is 0 Å². The number of Topliss-reactive ketones (excluding diaryl/α,β-unsaturated/α-hetero) is 1. The molecule has 0 saturated heterocycles. The molecule has 92 valence electrons. The highest BCUT2D eigenvalue weighted by Gasteiger charge is 2.19. The summed E-state index contributed by atoms with van der Waals surface area (Å²) in [6.07, 6.45) is 4.45. The van der Waals surface area contributed by atoms with Crippen molar-refractivity contribution < 1.29 is 4.79 Å². The maximum absolute atomic E-state index is 11.8. The Labute approximate surface area is 106 Å². The summed E-state index contributed by atoms with van der Waals surface area (Å²) in [6.45, 7) is 2.17. The van der Waals surface area contributed by atoms with Crippen LogP contribution in [0.1, 0.15) is 31.7 Å². The van der Waals surface area contributed by atoms with Gasteiger partial charge < -0.3 is 0 Å². The number of allylic oxidation sites excluding steroid dienone is 1. The number of hydrogen-bond acceptors (Lipinski definition) is 2. The van der Waals surface area contributed by atoms with Crippen LogP contribution < -0.4 is 0 Å². The van der Waals surface area contributed by atoms with E-state index in [1.54, 1.807) is 12.1 Å². The fourth-order valence-electron chi connectivity index (χ4n) is 2.16. The van der Waals surface area contributed by atoms with Gasteiger partial charge >= 0.3 is 0 Å². The van der Waals surface area contributed by atoms with Gasteiger partial charge in [-0.05, 0) is 41.5 Å². The largest absolute Gasteiger partial charge is 0.295 e. The average Bonchev–Trinajstić information content (AvgIpc) is 2.37. The summed E-state index contributed by atoms with van der Waals surface area (Å²) in [6, 6.07) is 7.23. The first-order chi connectivity index (χ1) is 8.69. The summed E-state index contributed by atoms with van der Waals surface area (Å²) in [5, 5.41) is 3.51. The van der Waals surface area contributed by atoms with Crippen molar-refractivity contribution >= 4 is 17.5 Å². The number of rotatable bonds is 2. The highest BCUT2D eigenvalue weighted by atomic mass is 16.1. The van der Waals surface area contributed by atoms with Gasteiger partial charge in [-0.25, -0.2) is 0 Å². The van der Waals surface area contributed by atoms with E-state index < -0.39 is 0 Å². The van der Waals surface area contributed by atoms with E-state index in [2.05, 4.69) is 16.9 Å². The minimum Gasteiger partial charge on any atom is -0.295 e. The molecule has 0 spiro atoms. The molecule has 1 atom stereocenters. The Morgan fingerprint density at radius 2 is 2.11 bits per heavy atom. The van der Waals surface area contributed by atoms with E-state index in [0.29, 0.717) is 18.0 Å². The number of nitrogens with zero attached hydrogens (tertiary/aromatic N) is 3. The number of hydrogen-bond donors (Lipinski definition) is 0. The number of carbonyl (C=O) groups is 1. The standard InChI is InChI=1S/C14H15N3O/c1-10-2-7-14(18)12(8-10)9-11-3-5-13(6-4-11)16-17-15/h3-6,9-10H,2,7-8H2,1H3/b12-9+. The van der Waals surface area contributed by atoms with Crippen molar-refractivity contribution in [3.05, 3.63) is 45.8 Å². The quantitative estimate of drug-likeness (QED) is 0.327. The Balaban J connectivity index is 2.21. The van der Waals surface area contributed by atoms with Crippen LogP contribution in [0.5, 0.6) is 0 Å². The van der Waals surface area contributed by atoms with Crippen molar-refractivity contribution in [1.29, 1.82) is 0 Å². The van der Waals surface area contributed by atoms with Gasteiger partial charge in [-0.1, -0.05) is 36.3 Å². The SMILES string of the molecule is CC1CCC(=O)/C(=C/c2ccc(N=[N+]=[N-])cc2)C1. The number of carbonyl (C=O) groups excluding carboxylic acids is 1. The zero-order chi connectivity index (χ0) is 13.0. The first-order valence-corrected chi connectivity index (χ1v) is 6.08.